The molecule has 0 radical (unpaired) electrons. The van der Waals surface area contributed by atoms with Crippen LogP contribution in [0.2, 0.25) is 0 Å². The summed E-state index contributed by atoms with van der Waals surface area (Å²) in [6, 6.07) is 0. The molecule has 0 bridgehead atoms. The van der Waals surface area contributed by atoms with Gasteiger partial charge in [-0.2, -0.15) is 0 Å². The van der Waals surface area contributed by atoms with Crippen LogP contribution in [0.5, 0.6) is 0 Å². The highest BCUT2D eigenvalue weighted by Gasteiger charge is 2.39. The van der Waals surface area contributed by atoms with Crippen LogP contribution in [0, 0.1) is 11.8 Å². The summed E-state index contributed by atoms with van der Waals surface area (Å²) >= 11 is 0. The van der Waals surface area contributed by atoms with Gasteiger partial charge in [-0.05, 0) is 57.8 Å². The minimum absolute atomic E-state index is 0.0394. The highest BCUT2D eigenvalue weighted by molar-refractivity contribution is 7.45. The fourth-order valence-electron chi connectivity index (χ4n) is 6.87. The number of ketones is 1. The van der Waals surface area contributed by atoms with Gasteiger partial charge in [-0.3, -0.25) is 18.9 Å². The third-order valence-electron chi connectivity index (χ3n) is 10.5. The molecule has 1 aliphatic rings. The number of rotatable bonds is 37. The first-order valence-electron chi connectivity index (χ1n) is 22.8. The highest BCUT2D eigenvalue weighted by atomic mass is 31.2. The lowest BCUT2D eigenvalue weighted by molar-refractivity contribution is -0.870. The molecule has 0 aromatic carbocycles. The van der Waals surface area contributed by atoms with Crippen molar-refractivity contribution >= 4 is 25.5 Å². The Labute approximate surface area is 357 Å². The van der Waals surface area contributed by atoms with Crippen LogP contribution in [0.15, 0.2) is 36.5 Å². The number of carbonyl (C=O) groups is 3. The third-order valence-corrected chi connectivity index (χ3v) is 11.5. The normalized spacial score (nSPS) is 19.5. The van der Waals surface area contributed by atoms with Crippen molar-refractivity contribution in [3.8, 4) is 0 Å². The minimum Gasteiger partial charge on any atom is -0.756 e. The summed E-state index contributed by atoms with van der Waals surface area (Å²) in [5.41, 5.74) is 0. The second-order valence-corrected chi connectivity index (χ2v) is 18.6. The monoisotopic (exact) mass is 856 g/mol. The quantitative estimate of drug-likeness (QED) is 0.0201. The predicted molar refractivity (Wildman–Crippen MR) is 232 cm³/mol. The maximum atomic E-state index is 12.8. The van der Waals surface area contributed by atoms with Gasteiger partial charge in [0, 0.05) is 31.1 Å². The zero-order valence-electron chi connectivity index (χ0n) is 37.4. The molecule has 13 heteroatoms. The molecule has 1 saturated carbocycles. The fraction of sp³-hybridized carbons (Fsp3) is 0.804. The van der Waals surface area contributed by atoms with Gasteiger partial charge in [0.1, 0.15) is 25.5 Å². The molecule has 342 valence electrons. The van der Waals surface area contributed by atoms with Gasteiger partial charge in [-0.25, -0.2) is 0 Å². The second-order valence-electron chi connectivity index (χ2n) is 17.2. The summed E-state index contributed by atoms with van der Waals surface area (Å²) in [6.07, 6.45) is 29.2. The van der Waals surface area contributed by atoms with Crippen LogP contribution in [0.1, 0.15) is 162 Å². The molecule has 59 heavy (non-hydrogen) atoms. The number of hydrogen-bond donors (Lipinski definition) is 2. The molecule has 0 heterocycles. The standard InChI is InChI=1S/C46H82NO11P/c1-6-8-10-11-12-13-14-15-16-17-18-19-20-21-26-30-45(51)55-37-40(38-57-59(53,54)56-35-34-47(3,4)5)58-46(52)31-27-23-22-25-29-41-42(44(50)36-43(41)49)33-32-39(48)28-24-9-7-2/h12-13,15-16,32-33,39-42,44,48,50H,6-11,14,17-31,34-38H2,1-5H3/b13-12-,16-15-,33-32+/t39-,40+,41+,42+,44+/m0/s1. The molecule has 0 aromatic rings. The molecule has 6 atom stereocenters. The minimum atomic E-state index is -4.70. The molecular formula is C46H82NO11P. The number of Topliss-reactive ketones (excluding diaryl/α,β-unsaturated/α-hetero) is 1. The zero-order chi connectivity index (χ0) is 43.8. The number of hydrogen-bond acceptors (Lipinski definition) is 11. The molecule has 0 aromatic heterocycles. The third kappa shape index (κ3) is 30.5. The zero-order valence-corrected chi connectivity index (χ0v) is 38.3. The summed E-state index contributed by atoms with van der Waals surface area (Å²) in [5.74, 6) is -1.57. The van der Waals surface area contributed by atoms with Gasteiger partial charge in [0.05, 0.1) is 40.0 Å². The van der Waals surface area contributed by atoms with E-state index in [4.69, 9.17) is 18.5 Å². The first-order chi connectivity index (χ1) is 28.2. The van der Waals surface area contributed by atoms with Crippen LogP contribution in [-0.2, 0) is 37.5 Å². The number of phosphoric ester groups is 1. The number of phosphoric acid groups is 1. The molecular weight excluding hydrogens is 773 g/mol. The molecule has 0 saturated heterocycles. The van der Waals surface area contributed by atoms with Crippen LogP contribution in [0.25, 0.3) is 0 Å². The topological polar surface area (TPSA) is 169 Å². The van der Waals surface area contributed by atoms with E-state index in [-0.39, 0.29) is 50.1 Å². The largest absolute Gasteiger partial charge is 0.756 e. The van der Waals surface area contributed by atoms with E-state index in [1.54, 1.807) is 6.08 Å². The van der Waals surface area contributed by atoms with Crippen molar-refractivity contribution in [3.05, 3.63) is 36.5 Å². The van der Waals surface area contributed by atoms with Gasteiger partial charge in [0.25, 0.3) is 7.82 Å². The van der Waals surface area contributed by atoms with Gasteiger partial charge < -0.3 is 38.1 Å². The van der Waals surface area contributed by atoms with Crippen LogP contribution in [0.3, 0.4) is 0 Å². The van der Waals surface area contributed by atoms with E-state index in [0.717, 1.165) is 77.0 Å². The summed E-state index contributed by atoms with van der Waals surface area (Å²) < 4.78 is 33.9. The molecule has 2 N–H and O–H groups in total. The van der Waals surface area contributed by atoms with Crippen molar-refractivity contribution in [2.45, 2.75) is 180 Å². The van der Waals surface area contributed by atoms with E-state index < -0.39 is 44.7 Å². The second kappa shape index (κ2) is 33.4. The first-order valence-corrected chi connectivity index (χ1v) is 24.3. The Balaban J connectivity index is 2.48. The van der Waals surface area contributed by atoms with E-state index in [1.165, 1.54) is 19.3 Å². The SMILES string of the molecule is CCCCC/C=C\C/C=C\CCCCCCCC(=O)OC[C@H](COP(=O)([O-])OCC[N+](C)(C)C)OC(=O)CCCCCC[C@H]1C(=O)C[C@@H](O)[C@@H]1/C=C/[C@@H](O)CCCCC. The molecule has 0 aliphatic heterocycles. The first kappa shape index (κ1) is 54.8. The van der Waals surface area contributed by atoms with Crippen molar-refractivity contribution in [1.29, 1.82) is 0 Å². The van der Waals surface area contributed by atoms with Crippen LogP contribution in [-0.4, -0.2) is 98.2 Å². The number of esters is 2. The van der Waals surface area contributed by atoms with Gasteiger partial charge in [0.2, 0.25) is 0 Å². The molecule has 1 rings (SSSR count). The number of unbranched alkanes of at least 4 members (excludes halogenated alkanes) is 13. The molecule has 1 aliphatic carbocycles. The lowest BCUT2D eigenvalue weighted by atomic mass is 9.88. The number of ether oxygens (including phenoxy) is 2. The number of likely N-dealkylation sites (N-methyl/N-ethyl adjacent to an activating group) is 1. The van der Waals surface area contributed by atoms with Crippen LogP contribution in [0.4, 0.5) is 0 Å². The molecule has 0 spiro atoms. The predicted octanol–water partition coefficient (Wildman–Crippen LogP) is 8.87. The molecule has 0 amide bonds. The van der Waals surface area contributed by atoms with E-state index >= 15 is 0 Å². The maximum absolute atomic E-state index is 12.8. The Morgan fingerprint density at radius 3 is 2.07 bits per heavy atom. The lowest BCUT2D eigenvalue weighted by Gasteiger charge is -2.28. The lowest BCUT2D eigenvalue weighted by Crippen LogP contribution is -2.37. The molecule has 1 fully saturated rings. The Hall–Kier alpha value is -2.18. The summed E-state index contributed by atoms with van der Waals surface area (Å²) in [5, 5.41) is 20.8. The van der Waals surface area contributed by atoms with E-state index in [0.29, 0.717) is 43.1 Å². The number of nitrogens with zero attached hydrogens (tertiary/aromatic N) is 1. The Bertz CT molecular complexity index is 1260. The Kier molecular flexibility index (Phi) is 31.1. The van der Waals surface area contributed by atoms with Crippen molar-refractivity contribution in [2.24, 2.45) is 11.8 Å². The Morgan fingerprint density at radius 2 is 1.41 bits per heavy atom. The van der Waals surface area contributed by atoms with Crippen molar-refractivity contribution in [1.82, 2.24) is 0 Å². The highest BCUT2D eigenvalue weighted by Crippen LogP contribution is 2.38. The van der Waals surface area contributed by atoms with Gasteiger partial charge in [0.15, 0.2) is 6.10 Å². The molecule has 12 nitrogen and oxygen atoms in total. The Morgan fingerprint density at radius 1 is 0.814 bits per heavy atom. The summed E-state index contributed by atoms with van der Waals surface area (Å²) in [6.45, 7) is 3.80. The van der Waals surface area contributed by atoms with Crippen molar-refractivity contribution in [3.63, 3.8) is 0 Å². The van der Waals surface area contributed by atoms with Gasteiger partial charge >= 0.3 is 11.9 Å². The number of aliphatic hydroxyl groups is 2. The average molecular weight is 856 g/mol. The van der Waals surface area contributed by atoms with Crippen LogP contribution < -0.4 is 4.89 Å². The van der Waals surface area contributed by atoms with Gasteiger partial charge in [-0.15, -0.1) is 0 Å². The van der Waals surface area contributed by atoms with E-state index in [9.17, 15) is 34.1 Å². The van der Waals surface area contributed by atoms with Gasteiger partial charge in [-0.1, -0.05) is 121 Å². The summed E-state index contributed by atoms with van der Waals surface area (Å²) in [4.78, 5) is 50.4. The number of allylic oxidation sites excluding steroid dienone is 4. The van der Waals surface area contributed by atoms with Crippen LogP contribution >= 0.6 is 7.82 Å². The molecule has 1 unspecified atom stereocenters. The van der Waals surface area contributed by atoms with Crippen molar-refractivity contribution < 1.29 is 57.1 Å². The smallest absolute Gasteiger partial charge is 0.306 e. The van der Waals surface area contributed by atoms with E-state index in [2.05, 4.69) is 38.2 Å². The fourth-order valence-corrected chi connectivity index (χ4v) is 7.60. The average Bonchev–Trinajstić information content (AvgIpc) is 3.44. The van der Waals surface area contributed by atoms with E-state index in [1.807, 2.05) is 27.2 Å². The maximum Gasteiger partial charge on any atom is 0.306 e. The van der Waals surface area contributed by atoms with Crippen molar-refractivity contribution in [2.75, 3.05) is 47.5 Å². The number of carbonyl (C=O) groups excluding carboxylic acids is 3. The number of quaternary nitrogens is 1. The summed E-state index contributed by atoms with van der Waals surface area (Å²) in [7, 11) is 1.01. The number of aliphatic hydroxyl groups excluding tert-OH is 2.